The van der Waals surface area contributed by atoms with Crippen molar-refractivity contribution in [2.75, 3.05) is 6.61 Å². The lowest BCUT2D eigenvalue weighted by Gasteiger charge is -2.48. The third kappa shape index (κ3) is 5.35. The van der Waals surface area contributed by atoms with Gasteiger partial charge < -0.3 is 23.7 Å². The first-order chi connectivity index (χ1) is 16.3. The van der Waals surface area contributed by atoms with Crippen LogP contribution in [-0.2, 0) is 36.9 Å². The largest absolute Gasteiger partial charge is 0.368 e. The van der Waals surface area contributed by atoms with Gasteiger partial charge in [-0.25, -0.2) is 0 Å². The summed E-state index contributed by atoms with van der Waals surface area (Å²) in [5.41, 5.74) is 3.21. The van der Waals surface area contributed by atoms with E-state index in [2.05, 4.69) is 24.3 Å². The number of ether oxygens (including phenoxy) is 5. The summed E-state index contributed by atoms with van der Waals surface area (Å²) in [6.07, 6.45) is -1.69. The topological polar surface area (TPSA) is 46.2 Å². The summed E-state index contributed by atoms with van der Waals surface area (Å²) in [4.78, 5) is 0. The van der Waals surface area contributed by atoms with Crippen LogP contribution >= 0.6 is 0 Å². The van der Waals surface area contributed by atoms with Crippen molar-refractivity contribution in [2.24, 2.45) is 0 Å². The van der Waals surface area contributed by atoms with E-state index >= 15 is 0 Å². The van der Waals surface area contributed by atoms with Gasteiger partial charge in [0.1, 0.15) is 24.4 Å². The summed E-state index contributed by atoms with van der Waals surface area (Å²) in [5.74, 6) is 0. The maximum Gasteiger partial charge on any atom is 0.184 e. The Labute approximate surface area is 195 Å². The predicted molar refractivity (Wildman–Crippen MR) is 124 cm³/mol. The van der Waals surface area contributed by atoms with Crippen LogP contribution in [0.15, 0.2) is 91.0 Å². The van der Waals surface area contributed by atoms with Crippen LogP contribution in [0, 0.1) is 0 Å². The van der Waals surface area contributed by atoms with E-state index in [1.807, 2.05) is 73.7 Å². The summed E-state index contributed by atoms with van der Waals surface area (Å²) in [6, 6.07) is 30.3. The molecule has 3 aromatic rings. The van der Waals surface area contributed by atoms with E-state index in [9.17, 15) is 0 Å². The van der Waals surface area contributed by atoms with Gasteiger partial charge in [0.15, 0.2) is 6.29 Å². The molecule has 0 radical (unpaired) electrons. The zero-order valence-electron chi connectivity index (χ0n) is 18.8. The second-order valence-corrected chi connectivity index (χ2v) is 8.58. The van der Waals surface area contributed by atoms with Gasteiger partial charge in [0, 0.05) is 5.56 Å². The Hall–Kier alpha value is -2.54. The van der Waals surface area contributed by atoms with Crippen molar-refractivity contribution in [3.63, 3.8) is 0 Å². The minimum absolute atomic E-state index is 0.156. The Bertz CT molecular complexity index is 981. The molecule has 0 bridgehead atoms. The Balaban J connectivity index is 1.36. The predicted octanol–water partition coefficient (Wildman–Crippen LogP) is 5.06. The second kappa shape index (κ2) is 10.6. The van der Waals surface area contributed by atoms with Gasteiger partial charge in [-0.05, 0) is 18.1 Å². The van der Waals surface area contributed by atoms with Gasteiger partial charge in [-0.15, -0.1) is 0 Å². The van der Waals surface area contributed by atoms with Crippen LogP contribution in [0.3, 0.4) is 0 Å². The second-order valence-electron chi connectivity index (χ2n) is 8.58. The molecular formula is C28H30O5. The van der Waals surface area contributed by atoms with Crippen LogP contribution in [0.2, 0.25) is 0 Å². The monoisotopic (exact) mass is 446 g/mol. The van der Waals surface area contributed by atoms with Gasteiger partial charge in [0.25, 0.3) is 0 Å². The number of rotatable bonds is 7. The van der Waals surface area contributed by atoms with Crippen molar-refractivity contribution in [2.45, 2.75) is 56.9 Å². The third-order valence-corrected chi connectivity index (χ3v) is 6.20. The third-order valence-electron chi connectivity index (χ3n) is 6.20. The number of hydrogen-bond acceptors (Lipinski definition) is 5. The molecule has 3 unspecified atom stereocenters. The van der Waals surface area contributed by atoms with E-state index < -0.39 is 6.29 Å². The highest BCUT2D eigenvalue weighted by Crippen LogP contribution is 2.36. The van der Waals surface area contributed by atoms with Crippen molar-refractivity contribution in [3.05, 3.63) is 108 Å². The SMILES string of the molecule is C[C@H]1OC2COC(c3ccccc3)O[C@H]2[C@@H](OCc2ccccc2)C1OCc1ccccc1. The zero-order chi connectivity index (χ0) is 22.5. The van der Waals surface area contributed by atoms with Gasteiger partial charge in [0.05, 0.1) is 25.9 Å². The molecule has 0 aromatic heterocycles. The molecule has 2 aliphatic heterocycles. The molecule has 172 valence electrons. The van der Waals surface area contributed by atoms with Crippen molar-refractivity contribution >= 4 is 0 Å². The number of benzene rings is 3. The maximum absolute atomic E-state index is 6.51. The van der Waals surface area contributed by atoms with E-state index in [1.165, 1.54) is 0 Å². The summed E-state index contributed by atoms with van der Waals surface area (Å²) in [6.45, 7) is 3.45. The molecule has 2 heterocycles. The molecule has 0 saturated carbocycles. The van der Waals surface area contributed by atoms with Gasteiger partial charge in [-0.2, -0.15) is 0 Å². The highest BCUT2D eigenvalue weighted by atomic mass is 16.7. The molecule has 0 N–H and O–H groups in total. The fraction of sp³-hybridized carbons (Fsp3) is 0.357. The summed E-state index contributed by atoms with van der Waals surface area (Å²) in [5, 5.41) is 0. The lowest BCUT2D eigenvalue weighted by Crippen LogP contribution is -2.62. The summed E-state index contributed by atoms with van der Waals surface area (Å²) in [7, 11) is 0. The Kier molecular flexibility index (Phi) is 7.15. The Morgan fingerprint density at radius 2 is 1.24 bits per heavy atom. The van der Waals surface area contributed by atoms with Crippen molar-refractivity contribution in [1.29, 1.82) is 0 Å². The molecule has 0 amide bonds. The first kappa shape index (κ1) is 22.3. The fourth-order valence-electron chi connectivity index (χ4n) is 4.50. The average Bonchev–Trinajstić information content (AvgIpc) is 2.88. The standard InChI is InChI=1S/C28H30O5/c1-20-25(29-17-21-11-5-2-6-12-21)27(30-18-22-13-7-3-8-14-22)26-24(32-20)19-31-28(33-26)23-15-9-4-10-16-23/h2-16,20,24-28H,17-19H2,1H3/t20-,24?,25?,26-,27+,28?/m1/s1. The molecule has 5 heteroatoms. The van der Waals surface area contributed by atoms with E-state index in [0.29, 0.717) is 19.8 Å². The quantitative estimate of drug-likeness (QED) is 0.508. The van der Waals surface area contributed by atoms with E-state index in [-0.39, 0.29) is 30.5 Å². The number of hydrogen-bond donors (Lipinski definition) is 0. The van der Waals surface area contributed by atoms with Crippen molar-refractivity contribution in [1.82, 2.24) is 0 Å². The average molecular weight is 447 g/mol. The molecule has 0 spiro atoms. The molecule has 5 rings (SSSR count). The lowest BCUT2D eigenvalue weighted by atomic mass is 9.94. The molecule has 6 atom stereocenters. The molecule has 0 aliphatic carbocycles. The van der Waals surface area contributed by atoms with E-state index in [4.69, 9.17) is 23.7 Å². The highest BCUT2D eigenvalue weighted by molar-refractivity contribution is 5.17. The van der Waals surface area contributed by atoms with Crippen molar-refractivity contribution in [3.8, 4) is 0 Å². The van der Waals surface area contributed by atoms with Gasteiger partial charge in [-0.1, -0.05) is 91.0 Å². The number of fused-ring (bicyclic) bond motifs is 1. The Morgan fingerprint density at radius 1 is 0.697 bits per heavy atom. The summed E-state index contributed by atoms with van der Waals surface area (Å²) < 4.78 is 31.7. The highest BCUT2D eigenvalue weighted by Gasteiger charge is 2.49. The fourth-order valence-corrected chi connectivity index (χ4v) is 4.50. The van der Waals surface area contributed by atoms with Gasteiger partial charge >= 0.3 is 0 Å². The van der Waals surface area contributed by atoms with Crippen molar-refractivity contribution < 1.29 is 23.7 Å². The first-order valence-electron chi connectivity index (χ1n) is 11.6. The Morgan fingerprint density at radius 3 is 1.85 bits per heavy atom. The zero-order valence-corrected chi connectivity index (χ0v) is 18.8. The van der Waals surface area contributed by atoms with Crippen LogP contribution < -0.4 is 0 Å². The summed E-state index contributed by atoms with van der Waals surface area (Å²) >= 11 is 0. The van der Waals surface area contributed by atoms with Gasteiger partial charge in [0.2, 0.25) is 0 Å². The minimum Gasteiger partial charge on any atom is -0.368 e. The van der Waals surface area contributed by atoms with E-state index in [1.54, 1.807) is 0 Å². The van der Waals surface area contributed by atoms with Crippen LogP contribution in [-0.4, -0.2) is 37.1 Å². The van der Waals surface area contributed by atoms with Gasteiger partial charge in [-0.3, -0.25) is 0 Å². The molecule has 3 aromatic carbocycles. The molecule has 2 aliphatic rings. The molecule has 33 heavy (non-hydrogen) atoms. The first-order valence-corrected chi connectivity index (χ1v) is 11.6. The molecular weight excluding hydrogens is 416 g/mol. The van der Waals surface area contributed by atoms with Crippen LogP contribution in [0.1, 0.15) is 29.9 Å². The van der Waals surface area contributed by atoms with Crippen LogP contribution in [0.25, 0.3) is 0 Å². The smallest absolute Gasteiger partial charge is 0.184 e. The lowest BCUT2D eigenvalue weighted by molar-refractivity contribution is -0.337. The molecule has 2 fully saturated rings. The molecule has 5 nitrogen and oxygen atoms in total. The maximum atomic E-state index is 6.51. The van der Waals surface area contributed by atoms with Crippen LogP contribution in [0.5, 0.6) is 0 Å². The molecule has 2 saturated heterocycles. The normalized spacial score (nSPS) is 29.4. The van der Waals surface area contributed by atoms with Crippen LogP contribution in [0.4, 0.5) is 0 Å². The van der Waals surface area contributed by atoms with E-state index in [0.717, 1.165) is 16.7 Å². The minimum atomic E-state index is -0.456.